The molecule has 20 heavy (non-hydrogen) atoms. The van der Waals surface area contributed by atoms with Crippen LogP contribution in [0.15, 0.2) is 21.6 Å². The van der Waals surface area contributed by atoms with Crippen LogP contribution in [0.2, 0.25) is 0 Å². The molecule has 1 aromatic rings. The van der Waals surface area contributed by atoms with Crippen molar-refractivity contribution in [2.75, 3.05) is 7.05 Å². The van der Waals surface area contributed by atoms with E-state index in [0.29, 0.717) is 5.92 Å². The molecule has 0 heterocycles. The average molecular weight is 338 g/mol. The number of hydrogen-bond donors (Lipinski definition) is 0. The highest BCUT2D eigenvalue weighted by molar-refractivity contribution is 9.10. The van der Waals surface area contributed by atoms with Crippen molar-refractivity contribution in [3.05, 3.63) is 33.3 Å². The molecule has 1 rings (SSSR count). The Hall–Kier alpha value is -0.630. The molecule has 1 aromatic carbocycles. The van der Waals surface area contributed by atoms with Gasteiger partial charge in [-0.05, 0) is 41.5 Å². The van der Waals surface area contributed by atoms with Gasteiger partial charge in [0.05, 0.1) is 0 Å². The van der Waals surface area contributed by atoms with Crippen molar-refractivity contribution in [1.82, 2.24) is 0 Å². The van der Waals surface area contributed by atoms with E-state index in [2.05, 4.69) is 60.8 Å². The van der Waals surface area contributed by atoms with E-state index in [4.69, 9.17) is 0 Å². The summed E-state index contributed by atoms with van der Waals surface area (Å²) in [6, 6.07) is 4.52. The molecule has 2 unspecified atom stereocenters. The highest BCUT2D eigenvalue weighted by atomic mass is 79.9. The molecule has 0 amide bonds. The number of rotatable bonds is 7. The fourth-order valence-corrected chi connectivity index (χ4v) is 3.34. The van der Waals surface area contributed by atoms with Crippen LogP contribution in [0.4, 0.5) is 0 Å². The Morgan fingerprint density at radius 1 is 1.25 bits per heavy atom. The Balaban J connectivity index is 2.87. The van der Waals surface area contributed by atoms with Crippen LogP contribution in [0, 0.1) is 12.8 Å². The SMILES string of the molecule is CCCCCC(C)C(C)c1cc(C)c(/C=N\C)cc1Br. The van der Waals surface area contributed by atoms with Crippen molar-refractivity contribution in [3.63, 3.8) is 0 Å². The second-order valence-corrected chi connectivity index (χ2v) is 6.73. The number of halogens is 1. The van der Waals surface area contributed by atoms with Gasteiger partial charge in [0, 0.05) is 17.7 Å². The first-order valence-electron chi connectivity index (χ1n) is 7.73. The van der Waals surface area contributed by atoms with Gasteiger partial charge in [-0.1, -0.05) is 68.5 Å². The van der Waals surface area contributed by atoms with Crippen molar-refractivity contribution in [3.8, 4) is 0 Å². The summed E-state index contributed by atoms with van der Waals surface area (Å²) in [7, 11) is 1.82. The Labute approximate surface area is 133 Å². The zero-order valence-electron chi connectivity index (χ0n) is 13.5. The number of aliphatic imine (C=N–C) groups is 1. The Kier molecular flexibility index (Phi) is 7.50. The zero-order chi connectivity index (χ0) is 15.1. The van der Waals surface area contributed by atoms with Crippen LogP contribution in [-0.4, -0.2) is 13.3 Å². The zero-order valence-corrected chi connectivity index (χ0v) is 15.1. The minimum atomic E-state index is 0.590. The first kappa shape index (κ1) is 17.4. The first-order chi connectivity index (χ1) is 9.51. The predicted molar refractivity (Wildman–Crippen MR) is 94.1 cm³/mol. The molecule has 0 radical (unpaired) electrons. The molecule has 0 N–H and O–H groups in total. The molecular formula is C18H28BrN. The molecule has 1 nitrogen and oxygen atoms in total. The maximum absolute atomic E-state index is 4.12. The number of unbranched alkanes of at least 4 members (excludes halogenated alkanes) is 2. The summed E-state index contributed by atoms with van der Waals surface area (Å²) in [5, 5.41) is 0. The van der Waals surface area contributed by atoms with Gasteiger partial charge < -0.3 is 0 Å². The van der Waals surface area contributed by atoms with Crippen LogP contribution < -0.4 is 0 Å². The van der Waals surface area contributed by atoms with Gasteiger partial charge in [0.25, 0.3) is 0 Å². The van der Waals surface area contributed by atoms with E-state index in [1.807, 2.05) is 13.3 Å². The Morgan fingerprint density at radius 2 is 1.95 bits per heavy atom. The fraction of sp³-hybridized carbons (Fsp3) is 0.611. The van der Waals surface area contributed by atoms with Crippen molar-refractivity contribution in [2.45, 2.75) is 59.3 Å². The van der Waals surface area contributed by atoms with Gasteiger partial charge in [0.15, 0.2) is 0 Å². The Morgan fingerprint density at radius 3 is 2.55 bits per heavy atom. The third-order valence-corrected chi connectivity index (χ3v) is 4.95. The lowest BCUT2D eigenvalue weighted by atomic mass is 9.84. The van der Waals surface area contributed by atoms with Crippen LogP contribution in [0.5, 0.6) is 0 Å². The molecule has 0 saturated heterocycles. The molecule has 0 aromatic heterocycles. The number of benzene rings is 1. The molecular weight excluding hydrogens is 310 g/mol. The van der Waals surface area contributed by atoms with Crippen LogP contribution in [0.1, 0.15) is 69.1 Å². The summed E-state index contributed by atoms with van der Waals surface area (Å²) in [5.41, 5.74) is 3.94. The summed E-state index contributed by atoms with van der Waals surface area (Å²) in [5.74, 6) is 1.32. The third-order valence-electron chi connectivity index (χ3n) is 4.26. The van der Waals surface area contributed by atoms with Crippen LogP contribution in [-0.2, 0) is 0 Å². The maximum Gasteiger partial charge on any atom is 0.0284 e. The first-order valence-corrected chi connectivity index (χ1v) is 8.52. The van der Waals surface area contributed by atoms with Gasteiger partial charge in [-0.2, -0.15) is 0 Å². The lowest BCUT2D eigenvalue weighted by Crippen LogP contribution is -2.08. The molecule has 0 aliphatic carbocycles. The maximum atomic E-state index is 4.12. The van der Waals surface area contributed by atoms with Crippen molar-refractivity contribution in [2.24, 2.45) is 10.9 Å². The minimum Gasteiger partial charge on any atom is -0.296 e. The highest BCUT2D eigenvalue weighted by Gasteiger charge is 2.17. The molecule has 0 aliphatic rings. The predicted octanol–water partition coefficient (Wildman–Crippen LogP) is 6.13. The summed E-state index contributed by atoms with van der Waals surface area (Å²) in [4.78, 5) is 4.12. The van der Waals surface area contributed by atoms with Gasteiger partial charge in [0.1, 0.15) is 0 Å². The molecule has 0 saturated carbocycles. The molecule has 112 valence electrons. The van der Waals surface area contributed by atoms with Crippen LogP contribution >= 0.6 is 15.9 Å². The largest absolute Gasteiger partial charge is 0.296 e. The van der Waals surface area contributed by atoms with E-state index < -0.39 is 0 Å². The van der Waals surface area contributed by atoms with Crippen LogP contribution in [0.3, 0.4) is 0 Å². The lowest BCUT2D eigenvalue weighted by Gasteiger charge is -2.22. The van der Waals surface area contributed by atoms with Gasteiger partial charge >= 0.3 is 0 Å². The molecule has 0 bridgehead atoms. The second-order valence-electron chi connectivity index (χ2n) is 5.88. The molecule has 0 fully saturated rings. The summed E-state index contributed by atoms with van der Waals surface area (Å²) < 4.78 is 1.22. The number of nitrogens with zero attached hydrogens (tertiary/aromatic N) is 1. The quantitative estimate of drug-likeness (QED) is 0.419. The average Bonchev–Trinajstić information content (AvgIpc) is 2.42. The number of hydrogen-bond acceptors (Lipinski definition) is 1. The summed E-state index contributed by atoms with van der Waals surface area (Å²) in [6.07, 6.45) is 7.25. The van der Waals surface area contributed by atoms with Crippen molar-refractivity contribution < 1.29 is 0 Å². The van der Waals surface area contributed by atoms with Crippen molar-refractivity contribution in [1.29, 1.82) is 0 Å². The number of aryl methyl sites for hydroxylation is 1. The standard InChI is InChI=1S/C18H28BrN/c1-6-7-8-9-13(2)15(4)17-10-14(3)16(12-20-5)11-18(17)19/h10-13,15H,6-9H2,1-5H3/b20-12-. The lowest BCUT2D eigenvalue weighted by molar-refractivity contribution is 0.430. The summed E-state index contributed by atoms with van der Waals surface area (Å²) >= 11 is 3.74. The topological polar surface area (TPSA) is 12.4 Å². The molecule has 0 spiro atoms. The smallest absolute Gasteiger partial charge is 0.0284 e. The van der Waals surface area contributed by atoms with Gasteiger partial charge in [-0.3, -0.25) is 4.99 Å². The third kappa shape index (κ3) is 4.73. The van der Waals surface area contributed by atoms with Crippen LogP contribution in [0.25, 0.3) is 0 Å². The Bertz CT molecular complexity index is 451. The van der Waals surface area contributed by atoms with E-state index in [0.717, 1.165) is 5.92 Å². The highest BCUT2D eigenvalue weighted by Crippen LogP contribution is 2.34. The van der Waals surface area contributed by atoms with E-state index in [-0.39, 0.29) is 0 Å². The van der Waals surface area contributed by atoms with Gasteiger partial charge in [-0.25, -0.2) is 0 Å². The van der Waals surface area contributed by atoms with E-state index in [1.165, 1.54) is 46.8 Å². The minimum absolute atomic E-state index is 0.590. The van der Waals surface area contributed by atoms with E-state index >= 15 is 0 Å². The normalized spacial score (nSPS) is 14.7. The molecule has 2 atom stereocenters. The second kappa shape index (κ2) is 8.61. The van der Waals surface area contributed by atoms with E-state index in [9.17, 15) is 0 Å². The van der Waals surface area contributed by atoms with E-state index in [1.54, 1.807) is 0 Å². The molecule has 0 aliphatic heterocycles. The van der Waals surface area contributed by atoms with Gasteiger partial charge in [0.2, 0.25) is 0 Å². The van der Waals surface area contributed by atoms with Crippen molar-refractivity contribution >= 4 is 22.1 Å². The van der Waals surface area contributed by atoms with Gasteiger partial charge in [-0.15, -0.1) is 0 Å². The monoisotopic (exact) mass is 337 g/mol. The fourth-order valence-electron chi connectivity index (χ4n) is 2.62. The molecule has 2 heteroatoms. The summed E-state index contributed by atoms with van der Waals surface area (Å²) in [6.45, 7) is 9.16.